The monoisotopic (exact) mass is 728 g/mol. The minimum atomic E-state index is -1.98. The number of carbonyl (C=O) groups excluding carboxylic acids is 2. The van der Waals surface area contributed by atoms with Crippen molar-refractivity contribution < 1.29 is 33.3 Å². The van der Waals surface area contributed by atoms with Crippen molar-refractivity contribution in [3.63, 3.8) is 0 Å². The number of thioether (sulfide) groups is 1. The number of hydrogen-bond acceptors (Lipinski definition) is 10. The number of amides is 1. The summed E-state index contributed by atoms with van der Waals surface area (Å²) >= 11 is 3.08. The van der Waals surface area contributed by atoms with Crippen LogP contribution in [0.5, 0.6) is 0 Å². The molecule has 49 heavy (non-hydrogen) atoms. The molecule has 2 aliphatic heterocycles. The average Bonchev–Trinajstić information content (AvgIpc) is 3.71. The van der Waals surface area contributed by atoms with Crippen LogP contribution in [0.3, 0.4) is 0 Å². The number of thiazole rings is 1. The summed E-state index contributed by atoms with van der Waals surface area (Å²) in [6.07, 6.45) is 4.76. The van der Waals surface area contributed by atoms with E-state index in [0.717, 1.165) is 32.9 Å². The zero-order chi connectivity index (χ0) is 35.6. The maximum Gasteiger partial charge on any atom is 0.355 e. The molecule has 1 aromatic carbocycles. The van der Waals surface area contributed by atoms with Gasteiger partial charge >= 0.3 is 5.97 Å². The zero-order valence-electron chi connectivity index (χ0n) is 28.4. The van der Waals surface area contributed by atoms with Crippen molar-refractivity contribution in [3.05, 3.63) is 73.5 Å². The minimum Gasteiger partial charge on any atom is -0.456 e. The summed E-state index contributed by atoms with van der Waals surface area (Å²) in [4.78, 5) is 43.8. The van der Waals surface area contributed by atoms with Crippen molar-refractivity contribution in [2.24, 2.45) is 17.0 Å². The standard InChI is InChI=1S/C32H42N7O7S2Si/c1-7-49(8-2,9-3)46-23(14-34-35-33)15-36-18-37-16-24(48-31(37)30(36)47-6)25-19(4)27-26(20(5)40)29(41)38(27)28(25)32(42)45-17-21-10-12-22(13-11-21)39(43)44/h10-13,16,18-20,23,26-27,40H,7-9,14-15,17H2,1-6H3/q+1/t19-,20+,23?,26+,27+/m0/s1. The number of aliphatic hydroxyl groups is 1. The van der Waals surface area contributed by atoms with Crippen molar-refractivity contribution in [2.75, 3.05) is 12.8 Å². The molecule has 5 rings (SSSR count). The number of fused-ring (bicyclic) bond motifs is 2. The number of aliphatic hydroxyl groups excluding tert-OH is 1. The SMILES string of the molecule is CC[Si](CC)(CC)OC(CN=[N+]=[N-])C[n+]1cn2cc(C3=C(C(=O)OCc4ccc([N+](=O)[O-])cc4)N4C(=O)[C@H]([C@@H](C)O)[C@H]4[C@H]3C)sc2c1SC. The number of ether oxygens (including phenoxy) is 1. The second kappa shape index (κ2) is 15.0. The van der Waals surface area contributed by atoms with Crippen molar-refractivity contribution in [1.29, 1.82) is 0 Å². The van der Waals surface area contributed by atoms with Crippen LogP contribution in [0.15, 0.2) is 52.6 Å². The lowest BCUT2D eigenvalue weighted by Gasteiger charge is -2.46. The maximum atomic E-state index is 13.8. The molecule has 1 fully saturated rings. The lowest BCUT2D eigenvalue weighted by Crippen LogP contribution is -2.63. The first-order valence-electron chi connectivity index (χ1n) is 16.4. The number of aromatic nitrogens is 2. The van der Waals surface area contributed by atoms with Gasteiger partial charge in [0.15, 0.2) is 8.32 Å². The van der Waals surface area contributed by atoms with Crippen LogP contribution in [0, 0.1) is 22.0 Å². The smallest absolute Gasteiger partial charge is 0.355 e. The second-order valence-corrected chi connectivity index (χ2v) is 19.0. The van der Waals surface area contributed by atoms with E-state index in [1.165, 1.54) is 40.5 Å². The van der Waals surface area contributed by atoms with Crippen LogP contribution >= 0.6 is 23.1 Å². The van der Waals surface area contributed by atoms with E-state index in [1.807, 2.05) is 30.1 Å². The van der Waals surface area contributed by atoms with Crippen molar-refractivity contribution >= 4 is 59.4 Å². The van der Waals surface area contributed by atoms with Gasteiger partial charge in [-0.1, -0.05) is 55.9 Å². The molecule has 0 aliphatic carbocycles. The molecule has 1 unspecified atom stereocenters. The molecule has 1 N–H and O–H groups in total. The van der Waals surface area contributed by atoms with E-state index in [1.54, 1.807) is 18.7 Å². The molecule has 2 aromatic heterocycles. The van der Waals surface area contributed by atoms with E-state index in [4.69, 9.17) is 14.7 Å². The molecule has 0 saturated carbocycles. The van der Waals surface area contributed by atoms with E-state index in [2.05, 4.69) is 35.4 Å². The van der Waals surface area contributed by atoms with Crippen molar-refractivity contribution in [3.8, 4) is 0 Å². The van der Waals surface area contributed by atoms with Gasteiger partial charge in [-0.15, -0.1) is 0 Å². The van der Waals surface area contributed by atoms with E-state index < -0.39 is 37.3 Å². The highest BCUT2D eigenvalue weighted by Crippen LogP contribution is 2.52. The summed E-state index contributed by atoms with van der Waals surface area (Å²) in [6, 6.07) is 8.28. The predicted molar refractivity (Wildman–Crippen MR) is 188 cm³/mol. The summed E-state index contributed by atoms with van der Waals surface area (Å²) in [7, 11) is -1.98. The highest BCUT2D eigenvalue weighted by atomic mass is 32.2. The summed E-state index contributed by atoms with van der Waals surface area (Å²) < 4.78 is 16.6. The number of rotatable bonds is 16. The summed E-state index contributed by atoms with van der Waals surface area (Å²) in [6.45, 7) is 10.6. The molecule has 14 nitrogen and oxygen atoms in total. The number of nitro groups is 1. The normalized spacial score (nSPS) is 20.2. The van der Waals surface area contributed by atoms with Gasteiger partial charge in [-0.2, -0.15) is 4.40 Å². The number of nitro benzene ring substituents is 1. The Morgan fingerprint density at radius 1 is 1.27 bits per heavy atom. The van der Waals surface area contributed by atoms with Crippen LogP contribution < -0.4 is 4.57 Å². The third kappa shape index (κ3) is 6.87. The lowest BCUT2D eigenvalue weighted by molar-refractivity contribution is -0.734. The number of benzene rings is 1. The number of imidazole rings is 1. The number of esters is 1. The van der Waals surface area contributed by atoms with Gasteiger partial charge in [0.05, 0.1) is 40.5 Å². The van der Waals surface area contributed by atoms with Gasteiger partial charge in [-0.3, -0.25) is 14.9 Å². The molecule has 262 valence electrons. The molecular weight excluding hydrogens is 687 g/mol. The first-order valence-corrected chi connectivity index (χ1v) is 20.9. The number of non-ortho nitro benzene ring substituents is 1. The molecule has 0 radical (unpaired) electrons. The first kappa shape index (κ1) is 36.5. The largest absolute Gasteiger partial charge is 0.456 e. The fraction of sp³-hybridized carbons (Fsp3) is 0.531. The molecular formula is C32H42N7O7S2Si+. The average molecular weight is 729 g/mol. The first-order chi connectivity index (χ1) is 23.4. The number of azide groups is 1. The maximum absolute atomic E-state index is 13.8. The molecule has 5 atom stereocenters. The zero-order valence-corrected chi connectivity index (χ0v) is 31.1. The van der Waals surface area contributed by atoms with Crippen LogP contribution in [-0.2, 0) is 31.9 Å². The molecule has 0 bridgehead atoms. The van der Waals surface area contributed by atoms with Crippen LogP contribution in [0.2, 0.25) is 18.1 Å². The third-order valence-electron chi connectivity index (χ3n) is 9.84. The van der Waals surface area contributed by atoms with Crippen LogP contribution in [0.25, 0.3) is 20.8 Å². The molecule has 3 aromatic rings. The van der Waals surface area contributed by atoms with Gasteiger partial charge in [0.25, 0.3) is 12.0 Å². The highest BCUT2D eigenvalue weighted by Gasteiger charge is 2.60. The molecule has 1 amide bonds. The van der Waals surface area contributed by atoms with Gasteiger partial charge in [0, 0.05) is 28.5 Å². The van der Waals surface area contributed by atoms with E-state index >= 15 is 0 Å². The number of β-lactam (4-membered cyclic amide) rings is 1. The Hall–Kier alpha value is -3.73. The van der Waals surface area contributed by atoms with E-state index in [0.29, 0.717) is 17.7 Å². The number of hydrogen-bond donors (Lipinski definition) is 1. The summed E-state index contributed by atoms with van der Waals surface area (Å²) in [5.41, 5.74) is 10.4. The van der Waals surface area contributed by atoms with Gasteiger partial charge in [-0.05, 0) is 54.5 Å². The Labute approximate surface area is 293 Å². The fourth-order valence-corrected chi connectivity index (χ4v) is 12.1. The highest BCUT2D eigenvalue weighted by molar-refractivity contribution is 7.98. The molecule has 17 heteroatoms. The van der Waals surface area contributed by atoms with Crippen LogP contribution in [0.1, 0.15) is 45.1 Å². The number of carbonyl (C=O) groups is 2. The quantitative estimate of drug-likeness (QED) is 0.0180. The molecule has 4 heterocycles. The summed E-state index contributed by atoms with van der Waals surface area (Å²) in [5, 5.41) is 26.3. The van der Waals surface area contributed by atoms with Crippen molar-refractivity contribution in [1.82, 2.24) is 9.30 Å². The van der Waals surface area contributed by atoms with Gasteiger partial charge in [0.2, 0.25) is 15.8 Å². The third-order valence-corrected chi connectivity index (χ3v) is 16.6. The van der Waals surface area contributed by atoms with Crippen LogP contribution in [0.4, 0.5) is 5.69 Å². The van der Waals surface area contributed by atoms with Gasteiger partial charge in [-0.25, -0.2) is 9.36 Å². The van der Waals surface area contributed by atoms with E-state index in [9.17, 15) is 24.8 Å². The second-order valence-electron chi connectivity index (χ2n) is 12.5. The van der Waals surface area contributed by atoms with Gasteiger partial charge in [0.1, 0.15) is 25.0 Å². The fourth-order valence-electron chi connectivity index (χ4n) is 7.04. The minimum absolute atomic E-state index is 0.0699. The molecule has 1 saturated heterocycles. The Bertz CT molecular complexity index is 1810. The lowest BCUT2D eigenvalue weighted by atomic mass is 9.77. The molecule has 0 spiro atoms. The Balaban J connectivity index is 1.49. The Kier molecular flexibility index (Phi) is 11.2. The van der Waals surface area contributed by atoms with Crippen LogP contribution in [-0.4, -0.2) is 70.6 Å². The van der Waals surface area contributed by atoms with Gasteiger partial charge < -0.3 is 19.2 Å². The number of nitrogens with zero attached hydrogens (tertiary/aromatic N) is 7. The van der Waals surface area contributed by atoms with Crippen molar-refractivity contribution in [2.45, 2.75) is 89.2 Å². The van der Waals surface area contributed by atoms with E-state index in [-0.39, 0.29) is 42.5 Å². The Morgan fingerprint density at radius 2 is 1.94 bits per heavy atom. The summed E-state index contributed by atoms with van der Waals surface area (Å²) in [5.74, 6) is -1.90. The Morgan fingerprint density at radius 3 is 2.51 bits per heavy atom. The molecule has 2 aliphatic rings. The predicted octanol–water partition coefficient (Wildman–Crippen LogP) is 5.93. The topological polar surface area (TPSA) is 176 Å².